The van der Waals surface area contributed by atoms with E-state index in [0.29, 0.717) is 5.92 Å². The Labute approximate surface area is 56.6 Å². The van der Waals surface area contributed by atoms with E-state index < -0.39 is 0 Å². The third-order valence-electron chi connectivity index (χ3n) is 0.953. The lowest BCUT2D eigenvalue weighted by Crippen LogP contribution is -2.30. The highest BCUT2D eigenvalue weighted by Gasteiger charge is 1.98. The average molecular weight is 128 g/mol. The van der Waals surface area contributed by atoms with Gasteiger partial charge in [-0.1, -0.05) is 13.8 Å². The molecule has 9 heavy (non-hydrogen) atoms. The maximum atomic E-state index is 9.99. The largest absolute Gasteiger partial charge is 0.307 e. The van der Waals surface area contributed by atoms with E-state index >= 15 is 0 Å². The Morgan fingerprint density at radius 1 is 1.67 bits per heavy atom. The van der Waals surface area contributed by atoms with Gasteiger partial charge in [0.1, 0.15) is 6.29 Å². The SMILES string of the molecule is [CH2]C(C=O)NCC(C)C. The van der Waals surface area contributed by atoms with Crippen molar-refractivity contribution in [2.45, 2.75) is 19.9 Å². The van der Waals surface area contributed by atoms with Crippen molar-refractivity contribution >= 4 is 6.29 Å². The summed E-state index contributed by atoms with van der Waals surface area (Å²) in [5.74, 6) is 0.578. The maximum Gasteiger partial charge on any atom is 0.136 e. The van der Waals surface area contributed by atoms with Gasteiger partial charge in [0.15, 0.2) is 0 Å². The Kier molecular flexibility index (Phi) is 4.32. The first kappa shape index (κ1) is 8.63. The van der Waals surface area contributed by atoms with Crippen molar-refractivity contribution in [1.82, 2.24) is 5.32 Å². The van der Waals surface area contributed by atoms with Crippen LogP contribution in [-0.4, -0.2) is 18.9 Å². The minimum Gasteiger partial charge on any atom is -0.307 e. The Morgan fingerprint density at radius 2 is 2.22 bits per heavy atom. The van der Waals surface area contributed by atoms with Crippen LogP contribution in [0, 0.1) is 12.8 Å². The summed E-state index contributed by atoms with van der Waals surface area (Å²) in [6.45, 7) is 8.58. The fourth-order valence-corrected chi connectivity index (χ4v) is 0.435. The van der Waals surface area contributed by atoms with Crippen molar-refractivity contribution in [1.29, 1.82) is 0 Å². The van der Waals surface area contributed by atoms with E-state index in [1.165, 1.54) is 0 Å². The standard InChI is InChI=1S/C7H14NO/c1-6(2)4-8-7(3)5-9/h5-8H,3-4H2,1-2H3. The lowest BCUT2D eigenvalue weighted by Gasteiger charge is -2.08. The van der Waals surface area contributed by atoms with Crippen LogP contribution >= 0.6 is 0 Å². The van der Waals surface area contributed by atoms with E-state index in [0.717, 1.165) is 12.8 Å². The van der Waals surface area contributed by atoms with Crippen molar-refractivity contribution in [3.63, 3.8) is 0 Å². The van der Waals surface area contributed by atoms with Crippen molar-refractivity contribution in [2.24, 2.45) is 5.92 Å². The number of hydrogen-bond acceptors (Lipinski definition) is 2. The lowest BCUT2D eigenvalue weighted by molar-refractivity contribution is -0.108. The van der Waals surface area contributed by atoms with Crippen molar-refractivity contribution in [3.05, 3.63) is 6.92 Å². The van der Waals surface area contributed by atoms with Gasteiger partial charge in [0.25, 0.3) is 0 Å². The van der Waals surface area contributed by atoms with Gasteiger partial charge < -0.3 is 10.1 Å². The normalized spacial score (nSPS) is 13.8. The summed E-state index contributed by atoms with van der Waals surface area (Å²) in [6, 6.07) is -0.243. The molecule has 0 spiro atoms. The lowest BCUT2D eigenvalue weighted by atomic mass is 10.2. The third kappa shape index (κ3) is 5.50. The van der Waals surface area contributed by atoms with Crippen LogP contribution in [0.1, 0.15) is 13.8 Å². The van der Waals surface area contributed by atoms with E-state index in [-0.39, 0.29) is 6.04 Å². The average Bonchev–Trinajstić information content (AvgIpc) is 1.83. The predicted octanol–water partition coefficient (Wildman–Crippen LogP) is 0.634. The summed E-state index contributed by atoms with van der Waals surface area (Å²) in [5.41, 5.74) is 0. The Morgan fingerprint density at radius 3 is 2.56 bits per heavy atom. The molecule has 0 bridgehead atoms. The molecule has 0 aromatic rings. The number of aldehydes is 1. The summed E-state index contributed by atoms with van der Waals surface area (Å²) >= 11 is 0. The zero-order valence-electron chi connectivity index (χ0n) is 6.05. The Bertz CT molecular complexity index is 81.0. The number of nitrogens with one attached hydrogen (secondary N) is 1. The molecule has 0 aliphatic carbocycles. The Balaban J connectivity index is 3.16. The van der Waals surface area contributed by atoms with Crippen LogP contribution < -0.4 is 5.32 Å². The fourth-order valence-electron chi connectivity index (χ4n) is 0.435. The van der Waals surface area contributed by atoms with Gasteiger partial charge in [-0.05, 0) is 19.4 Å². The minimum absolute atomic E-state index is 0.243. The van der Waals surface area contributed by atoms with Crippen LogP contribution in [0.4, 0.5) is 0 Å². The summed E-state index contributed by atoms with van der Waals surface area (Å²) in [5, 5.41) is 2.95. The van der Waals surface area contributed by atoms with Gasteiger partial charge in [-0.15, -0.1) is 0 Å². The second-order valence-corrected chi connectivity index (χ2v) is 2.54. The van der Waals surface area contributed by atoms with Gasteiger partial charge in [0.05, 0.1) is 6.04 Å². The maximum absolute atomic E-state index is 9.99. The van der Waals surface area contributed by atoms with Crippen LogP contribution in [0.3, 0.4) is 0 Å². The smallest absolute Gasteiger partial charge is 0.136 e. The highest BCUT2D eigenvalue weighted by molar-refractivity contribution is 5.58. The molecule has 1 atom stereocenters. The van der Waals surface area contributed by atoms with E-state index in [2.05, 4.69) is 26.1 Å². The first-order valence-electron chi connectivity index (χ1n) is 3.18. The van der Waals surface area contributed by atoms with Crippen LogP contribution in [0.2, 0.25) is 0 Å². The van der Waals surface area contributed by atoms with Crippen LogP contribution in [0.25, 0.3) is 0 Å². The number of hydrogen-bond donors (Lipinski definition) is 1. The highest BCUT2D eigenvalue weighted by Crippen LogP contribution is 1.87. The molecule has 0 rings (SSSR count). The van der Waals surface area contributed by atoms with Crippen LogP contribution in [0.5, 0.6) is 0 Å². The second kappa shape index (κ2) is 4.50. The molecule has 1 radical (unpaired) electrons. The highest BCUT2D eigenvalue weighted by atomic mass is 16.1. The second-order valence-electron chi connectivity index (χ2n) is 2.54. The molecule has 0 fully saturated rings. The topological polar surface area (TPSA) is 29.1 Å². The minimum atomic E-state index is -0.243. The molecule has 0 amide bonds. The molecule has 2 nitrogen and oxygen atoms in total. The number of carbonyl (C=O) groups excluding carboxylic acids is 1. The van der Waals surface area contributed by atoms with Crippen molar-refractivity contribution in [2.75, 3.05) is 6.54 Å². The third-order valence-corrected chi connectivity index (χ3v) is 0.953. The van der Waals surface area contributed by atoms with Gasteiger partial charge in [-0.2, -0.15) is 0 Å². The summed E-state index contributed by atoms with van der Waals surface area (Å²) in [6.07, 6.45) is 0.808. The molecule has 0 heterocycles. The molecular weight excluding hydrogens is 114 g/mol. The molecule has 0 aliphatic rings. The molecule has 1 unspecified atom stereocenters. The monoisotopic (exact) mass is 128 g/mol. The molecule has 0 aromatic heterocycles. The molecule has 1 N–H and O–H groups in total. The number of rotatable bonds is 4. The number of carbonyl (C=O) groups is 1. The molecule has 0 aliphatic heterocycles. The van der Waals surface area contributed by atoms with Gasteiger partial charge in [-0.3, -0.25) is 0 Å². The molecule has 0 aromatic carbocycles. The zero-order chi connectivity index (χ0) is 7.28. The fraction of sp³-hybridized carbons (Fsp3) is 0.714. The quantitative estimate of drug-likeness (QED) is 0.563. The first-order valence-corrected chi connectivity index (χ1v) is 3.18. The van der Waals surface area contributed by atoms with E-state index in [4.69, 9.17) is 0 Å². The molecule has 53 valence electrons. The van der Waals surface area contributed by atoms with Crippen LogP contribution in [0.15, 0.2) is 0 Å². The van der Waals surface area contributed by atoms with Gasteiger partial charge in [-0.25, -0.2) is 0 Å². The summed E-state index contributed by atoms with van der Waals surface area (Å²) < 4.78 is 0. The molecule has 0 saturated carbocycles. The first-order chi connectivity index (χ1) is 4.16. The predicted molar refractivity (Wildman–Crippen MR) is 38.0 cm³/mol. The Hall–Kier alpha value is -0.370. The molecular formula is C7H14NO. The van der Waals surface area contributed by atoms with Crippen molar-refractivity contribution in [3.8, 4) is 0 Å². The summed E-state index contributed by atoms with van der Waals surface area (Å²) in [7, 11) is 0. The van der Waals surface area contributed by atoms with Gasteiger partial charge in [0, 0.05) is 0 Å². The van der Waals surface area contributed by atoms with E-state index in [9.17, 15) is 4.79 Å². The summed E-state index contributed by atoms with van der Waals surface area (Å²) in [4.78, 5) is 9.99. The zero-order valence-corrected chi connectivity index (χ0v) is 6.05. The van der Waals surface area contributed by atoms with E-state index in [1.54, 1.807) is 0 Å². The van der Waals surface area contributed by atoms with Gasteiger partial charge >= 0.3 is 0 Å². The van der Waals surface area contributed by atoms with Crippen LogP contribution in [-0.2, 0) is 4.79 Å². The van der Waals surface area contributed by atoms with E-state index in [1.807, 2.05) is 0 Å². The molecule has 0 saturated heterocycles. The molecule has 2 heteroatoms. The van der Waals surface area contributed by atoms with Crippen molar-refractivity contribution < 1.29 is 4.79 Å². The van der Waals surface area contributed by atoms with Gasteiger partial charge in [0.2, 0.25) is 0 Å².